The SMILES string of the molecule is C#C[Si](C)(C)C.C[Si](C)(C)C#Cc1c2ccc3ccccc3c2c(C#C[Si](C)(C)C)c2c1ccc1ccccc12.O=C1c2ccc3ccccc3c2C(=O)c2c1ccc1ccccc21. The Morgan fingerprint density at radius 1 is 0.359 bits per heavy atom. The average Bonchev–Trinajstić information content (AvgIpc) is 3.27. The zero-order chi connectivity index (χ0) is 45.6. The molecule has 0 heterocycles. The minimum absolute atomic E-state index is 0.0619. The lowest BCUT2D eigenvalue weighted by atomic mass is 9.80. The van der Waals surface area contributed by atoms with Crippen molar-refractivity contribution >= 4 is 100 Å². The molecule has 0 saturated carbocycles. The fourth-order valence-electron chi connectivity index (χ4n) is 8.21. The van der Waals surface area contributed by atoms with Crippen molar-refractivity contribution in [2.45, 2.75) is 58.9 Å². The van der Waals surface area contributed by atoms with Crippen LogP contribution in [0.4, 0.5) is 0 Å². The van der Waals surface area contributed by atoms with Crippen LogP contribution in [0.1, 0.15) is 43.0 Å². The summed E-state index contributed by atoms with van der Waals surface area (Å²) in [6.07, 6.45) is 5.12. The molecule has 0 unspecified atom stereocenters. The summed E-state index contributed by atoms with van der Waals surface area (Å²) in [6.45, 7) is 20.3. The van der Waals surface area contributed by atoms with E-state index in [0.717, 1.165) is 32.7 Å². The van der Waals surface area contributed by atoms with Crippen LogP contribution in [-0.2, 0) is 0 Å². The van der Waals surface area contributed by atoms with E-state index < -0.39 is 24.2 Å². The van der Waals surface area contributed by atoms with Crippen molar-refractivity contribution in [2.24, 2.45) is 0 Å². The van der Waals surface area contributed by atoms with Gasteiger partial charge in [-0.25, -0.2) is 0 Å². The molecule has 0 aromatic heterocycles. The first-order chi connectivity index (χ1) is 30.4. The monoisotopic (exact) mass is 876 g/mol. The summed E-state index contributed by atoms with van der Waals surface area (Å²) in [6, 6.07) is 49.2. The maximum Gasteiger partial charge on any atom is 0.195 e. The summed E-state index contributed by atoms with van der Waals surface area (Å²) in [5.74, 6) is 7.26. The standard InChI is InChI=1S/C32H30Si2.C22H12O2.C5H10Si/c1-33(2,3)21-19-27-28-17-15-23-11-7-9-13-25(23)31(28)30(20-22-34(4,5)6)32-26-14-10-8-12-24(26)16-18-29(27)32;23-21-17-11-9-13-5-1-3-7-15(13)19(17)22(24)20-16-8-4-2-6-14(16)10-12-18(20)21;1-5-6(2,3)4/h7-18H,1-6H3;1-12H;1H,2-4H3. The van der Waals surface area contributed by atoms with E-state index in [9.17, 15) is 9.59 Å². The third kappa shape index (κ3) is 8.75. The van der Waals surface area contributed by atoms with Gasteiger partial charge in [0.15, 0.2) is 11.6 Å². The predicted molar refractivity (Wildman–Crippen MR) is 284 cm³/mol. The van der Waals surface area contributed by atoms with E-state index in [0.29, 0.717) is 22.3 Å². The normalized spacial score (nSPS) is 12.2. The summed E-state index contributed by atoms with van der Waals surface area (Å²) in [5.41, 5.74) is 14.4. The maximum atomic E-state index is 13.3. The van der Waals surface area contributed by atoms with Gasteiger partial charge in [-0.1, -0.05) is 204 Å². The maximum absolute atomic E-state index is 13.3. The van der Waals surface area contributed by atoms with Gasteiger partial charge in [0.2, 0.25) is 0 Å². The number of terminal acetylenes is 1. The number of hydrogen-bond acceptors (Lipinski definition) is 2. The van der Waals surface area contributed by atoms with Gasteiger partial charge in [0.05, 0.1) is 0 Å². The molecular weight excluding hydrogens is 825 g/mol. The molecule has 0 bridgehead atoms. The molecule has 0 spiro atoms. The molecule has 0 N–H and O–H groups in total. The fraction of sp³-hybridized carbons (Fsp3) is 0.153. The van der Waals surface area contributed by atoms with E-state index in [-0.39, 0.29) is 11.6 Å². The van der Waals surface area contributed by atoms with E-state index in [1.54, 1.807) is 12.1 Å². The number of carbonyl (C=O) groups is 2. The number of fused-ring (bicyclic) bond motifs is 12. The predicted octanol–water partition coefficient (Wildman–Crippen LogP) is 15.0. The molecule has 1 aliphatic carbocycles. The number of hydrogen-bond donors (Lipinski definition) is 0. The van der Waals surface area contributed by atoms with E-state index in [1.807, 2.05) is 60.7 Å². The molecule has 0 radical (unpaired) electrons. The molecule has 9 aromatic rings. The van der Waals surface area contributed by atoms with Gasteiger partial charge < -0.3 is 0 Å². The Balaban J connectivity index is 0.000000162. The van der Waals surface area contributed by atoms with Gasteiger partial charge in [-0.2, -0.15) is 0 Å². The second-order valence-corrected chi connectivity index (χ2v) is 33.9. The molecule has 64 heavy (non-hydrogen) atoms. The van der Waals surface area contributed by atoms with Crippen molar-refractivity contribution in [3.8, 4) is 34.9 Å². The van der Waals surface area contributed by atoms with Crippen molar-refractivity contribution < 1.29 is 9.59 Å². The highest BCUT2D eigenvalue weighted by molar-refractivity contribution is 6.84. The highest BCUT2D eigenvalue weighted by Gasteiger charge is 2.32. The zero-order valence-corrected chi connectivity index (χ0v) is 41.3. The van der Waals surface area contributed by atoms with Crippen LogP contribution in [0.5, 0.6) is 0 Å². The molecule has 0 fully saturated rings. The summed E-state index contributed by atoms with van der Waals surface area (Å²) in [4.78, 5) is 26.3. The molecular formula is C59H52O2Si3. The van der Waals surface area contributed by atoms with Gasteiger partial charge in [0, 0.05) is 44.2 Å². The molecule has 0 amide bonds. The first-order valence-corrected chi connectivity index (χ1v) is 32.4. The molecule has 0 aliphatic heterocycles. The van der Waals surface area contributed by atoms with Gasteiger partial charge in [-0.15, -0.1) is 23.1 Å². The Morgan fingerprint density at radius 3 is 1.06 bits per heavy atom. The Morgan fingerprint density at radius 2 is 0.688 bits per heavy atom. The first kappa shape index (κ1) is 43.8. The van der Waals surface area contributed by atoms with E-state index >= 15 is 0 Å². The quantitative estimate of drug-likeness (QED) is 0.0658. The van der Waals surface area contributed by atoms with Crippen LogP contribution >= 0.6 is 0 Å². The summed E-state index contributed by atoms with van der Waals surface area (Å²) < 4.78 is 0. The van der Waals surface area contributed by atoms with Crippen LogP contribution in [-0.4, -0.2) is 35.8 Å². The molecule has 9 aromatic carbocycles. The van der Waals surface area contributed by atoms with Crippen molar-refractivity contribution in [1.29, 1.82) is 0 Å². The van der Waals surface area contributed by atoms with Crippen LogP contribution in [0.15, 0.2) is 146 Å². The van der Waals surface area contributed by atoms with E-state index in [2.05, 4.69) is 160 Å². The lowest BCUT2D eigenvalue weighted by Gasteiger charge is -2.20. The Bertz CT molecular complexity index is 3380. The zero-order valence-electron chi connectivity index (χ0n) is 38.3. The van der Waals surface area contributed by atoms with Gasteiger partial charge >= 0.3 is 0 Å². The van der Waals surface area contributed by atoms with Crippen molar-refractivity contribution in [3.63, 3.8) is 0 Å². The number of benzene rings is 9. The lowest BCUT2D eigenvalue weighted by Crippen LogP contribution is -2.21. The first-order valence-electron chi connectivity index (χ1n) is 21.9. The van der Waals surface area contributed by atoms with Crippen LogP contribution in [0.3, 0.4) is 0 Å². The fourth-order valence-corrected chi connectivity index (χ4v) is 9.21. The largest absolute Gasteiger partial charge is 0.289 e. The smallest absolute Gasteiger partial charge is 0.195 e. The average molecular weight is 877 g/mol. The third-order valence-electron chi connectivity index (χ3n) is 11.3. The summed E-state index contributed by atoms with van der Waals surface area (Å²) in [7, 11) is -4.25. The van der Waals surface area contributed by atoms with Gasteiger partial charge in [-0.05, 0) is 66.0 Å². The number of carbonyl (C=O) groups excluding carboxylic acids is 2. The highest BCUT2D eigenvalue weighted by atomic mass is 28.3. The second kappa shape index (κ2) is 17.1. The third-order valence-corrected chi connectivity index (χ3v) is 13.9. The minimum atomic E-state index is -1.59. The molecule has 2 nitrogen and oxygen atoms in total. The number of ketones is 2. The Hall–Kier alpha value is -6.79. The van der Waals surface area contributed by atoms with E-state index in [4.69, 9.17) is 6.42 Å². The van der Waals surface area contributed by atoms with Gasteiger partial charge in [0.25, 0.3) is 0 Å². The van der Waals surface area contributed by atoms with E-state index in [1.165, 1.54) is 43.1 Å². The lowest BCUT2D eigenvalue weighted by molar-refractivity contribution is 0.0981. The highest BCUT2D eigenvalue weighted by Crippen LogP contribution is 2.40. The summed E-state index contributed by atoms with van der Waals surface area (Å²) in [5, 5.41) is 13.5. The van der Waals surface area contributed by atoms with Crippen LogP contribution in [0, 0.1) is 34.9 Å². The molecule has 0 atom stereocenters. The Kier molecular flexibility index (Phi) is 11.7. The van der Waals surface area contributed by atoms with Gasteiger partial charge in [-0.3, -0.25) is 9.59 Å². The van der Waals surface area contributed by atoms with Crippen LogP contribution < -0.4 is 0 Å². The Labute approximate surface area is 380 Å². The van der Waals surface area contributed by atoms with Crippen molar-refractivity contribution in [3.05, 3.63) is 179 Å². The molecule has 10 rings (SSSR count). The molecule has 1 aliphatic rings. The van der Waals surface area contributed by atoms with Gasteiger partial charge in [0.1, 0.15) is 24.2 Å². The van der Waals surface area contributed by atoms with Crippen LogP contribution in [0.25, 0.3) is 64.6 Å². The molecule has 5 heteroatoms. The van der Waals surface area contributed by atoms with Crippen LogP contribution in [0.2, 0.25) is 58.9 Å². The van der Waals surface area contributed by atoms with Crippen molar-refractivity contribution in [1.82, 2.24) is 0 Å². The van der Waals surface area contributed by atoms with Crippen molar-refractivity contribution in [2.75, 3.05) is 0 Å². The molecule has 0 saturated heterocycles. The molecule has 312 valence electrons. The minimum Gasteiger partial charge on any atom is -0.289 e. The summed E-state index contributed by atoms with van der Waals surface area (Å²) >= 11 is 0. The topological polar surface area (TPSA) is 34.1 Å². The second-order valence-electron chi connectivity index (χ2n) is 19.6. The number of rotatable bonds is 0.